The maximum Gasteiger partial charge on any atom is 0.323 e. The molecule has 1 fully saturated rings. The summed E-state index contributed by atoms with van der Waals surface area (Å²) in [7, 11) is 1.28. The molecule has 0 saturated carbocycles. The Morgan fingerprint density at radius 3 is 3.00 bits per heavy atom. The fourth-order valence-electron chi connectivity index (χ4n) is 2.16. The molecule has 1 aromatic rings. The van der Waals surface area contributed by atoms with Gasteiger partial charge in [0.05, 0.1) is 19.8 Å². The van der Waals surface area contributed by atoms with Crippen LogP contribution in [-0.4, -0.2) is 46.9 Å². The quantitative estimate of drug-likeness (QED) is 0.710. The van der Waals surface area contributed by atoms with Crippen LogP contribution in [0.15, 0.2) is 21.5 Å². The van der Waals surface area contributed by atoms with Crippen molar-refractivity contribution in [1.29, 1.82) is 0 Å². The number of rotatable bonds is 3. The van der Waals surface area contributed by atoms with Gasteiger partial charge in [0.25, 0.3) is 0 Å². The normalized spacial score (nSPS) is 23.5. The number of aromatic hydroxyl groups is 1. The standard InChI is InChI=1S/C12H15NO6/c1-18-12(17)9-2-7(14)4-13(9)5-8-3-10(15)11(16)6-19-8/h3,6-7,9,14,16H,2,4-5H2,1H3. The van der Waals surface area contributed by atoms with E-state index in [0.29, 0.717) is 12.3 Å². The molecule has 0 aromatic carbocycles. The fraction of sp³-hybridized carbons (Fsp3) is 0.500. The molecule has 104 valence electrons. The predicted molar refractivity (Wildman–Crippen MR) is 63.5 cm³/mol. The summed E-state index contributed by atoms with van der Waals surface area (Å²) >= 11 is 0. The third-order valence-corrected chi connectivity index (χ3v) is 3.08. The number of aliphatic hydroxyl groups excluding tert-OH is 1. The topological polar surface area (TPSA) is 100 Å². The van der Waals surface area contributed by atoms with Crippen LogP contribution in [0.4, 0.5) is 0 Å². The molecule has 0 aliphatic carbocycles. The zero-order valence-corrected chi connectivity index (χ0v) is 10.4. The third-order valence-electron chi connectivity index (χ3n) is 3.08. The Morgan fingerprint density at radius 2 is 2.37 bits per heavy atom. The van der Waals surface area contributed by atoms with Crippen LogP contribution < -0.4 is 5.43 Å². The summed E-state index contributed by atoms with van der Waals surface area (Å²) in [6.45, 7) is 0.483. The minimum atomic E-state index is -0.618. The molecule has 19 heavy (non-hydrogen) atoms. The van der Waals surface area contributed by atoms with Gasteiger partial charge in [0.1, 0.15) is 18.1 Å². The summed E-state index contributed by atoms with van der Waals surface area (Å²) in [6, 6.07) is 0.605. The lowest BCUT2D eigenvalue weighted by Crippen LogP contribution is -2.36. The Bertz CT molecular complexity index is 525. The van der Waals surface area contributed by atoms with Crippen molar-refractivity contribution in [3.8, 4) is 5.75 Å². The minimum Gasteiger partial charge on any atom is -0.502 e. The Labute approximate surface area is 109 Å². The Morgan fingerprint density at radius 1 is 1.63 bits per heavy atom. The van der Waals surface area contributed by atoms with Crippen LogP contribution >= 0.6 is 0 Å². The maximum absolute atomic E-state index is 11.6. The number of hydrogen-bond donors (Lipinski definition) is 2. The second-order valence-electron chi connectivity index (χ2n) is 4.45. The lowest BCUT2D eigenvalue weighted by molar-refractivity contribution is -0.146. The molecule has 1 aliphatic heterocycles. The number of β-amino-alcohol motifs (C(OH)–C–C–N with tert-alkyl or cyclic N) is 1. The van der Waals surface area contributed by atoms with E-state index in [0.717, 1.165) is 12.3 Å². The first kappa shape index (κ1) is 13.6. The van der Waals surface area contributed by atoms with Crippen molar-refractivity contribution in [2.45, 2.75) is 25.1 Å². The van der Waals surface area contributed by atoms with Crippen molar-refractivity contribution in [3.05, 3.63) is 28.3 Å². The molecule has 0 radical (unpaired) electrons. The van der Waals surface area contributed by atoms with E-state index < -0.39 is 29.3 Å². The second kappa shape index (κ2) is 5.41. The van der Waals surface area contributed by atoms with Crippen molar-refractivity contribution in [3.63, 3.8) is 0 Å². The lowest BCUT2D eigenvalue weighted by atomic mass is 10.2. The van der Waals surface area contributed by atoms with Gasteiger partial charge in [-0.2, -0.15) is 0 Å². The molecule has 2 heterocycles. The fourth-order valence-corrected chi connectivity index (χ4v) is 2.16. The van der Waals surface area contributed by atoms with Gasteiger partial charge in [0, 0.05) is 19.0 Å². The highest BCUT2D eigenvalue weighted by Crippen LogP contribution is 2.21. The molecule has 2 rings (SSSR count). The van der Waals surface area contributed by atoms with E-state index in [-0.39, 0.29) is 13.0 Å². The maximum atomic E-state index is 11.6. The number of likely N-dealkylation sites (tertiary alicyclic amines) is 1. The van der Waals surface area contributed by atoms with Gasteiger partial charge in [-0.3, -0.25) is 14.5 Å². The van der Waals surface area contributed by atoms with E-state index in [1.807, 2.05) is 0 Å². The molecule has 2 N–H and O–H groups in total. The first-order chi connectivity index (χ1) is 9.01. The molecule has 1 aliphatic rings. The Balaban J connectivity index is 2.14. The average molecular weight is 269 g/mol. The van der Waals surface area contributed by atoms with Crippen LogP contribution in [0.5, 0.6) is 5.75 Å². The van der Waals surface area contributed by atoms with E-state index in [1.165, 1.54) is 7.11 Å². The Kier molecular flexibility index (Phi) is 3.87. The number of aliphatic hydroxyl groups is 1. The van der Waals surface area contributed by atoms with Gasteiger partial charge in [0.2, 0.25) is 5.43 Å². The number of hydrogen-bond acceptors (Lipinski definition) is 7. The zero-order chi connectivity index (χ0) is 14.0. The first-order valence-electron chi connectivity index (χ1n) is 5.82. The molecule has 1 aromatic heterocycles. The van der Waals surface area contributed by atoms with E-state index in [1.54, 1.807) is 4.90 Å². The number of nitrogens with zero attached hydrogens (tertiary/aromatic N) is 1. The summed E-state index contributed by atoms with van der Waals surface area (Å²) in [6.07, 6.45) is 0.625. The summed E-state index contributed by atoms with van der Waals surface area (Å²) in [5, 5.41) is 18.7. The van der Waals surface area contributed by atoms with E-state index >= 15 is 0 Å². The molecule has 1 saturated heterocycles. The van der Waals surface area contributed by atoms with Crippen LogP contribution in [0.1, 0.15) is 12.2 Å². The van der Waals surface area contributed by atoms with Crippen LogP contribution in [0.2, 0.25) is 0 Å². The number of carbonyl (C=O) groups is 1. The molecule has 2 atom stereocenters. The molecular weight excluding hydrogens is 254 g/mol. The monoisotopic (exact) mass is 269 g/mol. The molecule has 7 heteroatoms. The molecule has 0 spiro atoms. The van der Waals surface area contributed by atoms with Gasteiger partial charge in [-0.25, -0.2) is 0 Å². The van der Waals surface area contributed by atoms with E-state index in [2.05, 4.69) is 4.74 Å². The second-order valence-corrected chi connectivity index (χ2v) is 4.45. The number of esters is 1. The summed E-state index contributed by atoms with van der Waals surface area (Å²) in [5.41, 5.74) is -0.546. The van der Waals surface area contributed by atoms with Crippen LogP contribution in [0, 0.1) is 0 Å². The van der Waals surface area contributed by atoms with Gasteiger partial charge in [0.15, 0.2) is 5.75 Å². The molecule has 0 amide bonds. The molecule has 2 unspecified atom stereocenters. The third kappa shape index (κ3) is 2.94. The Hall–Kier alpha value is -1.86. The van der Waals surface area contributed by atoms with Crippen LogP contribution in [-0.2, 0) is 16.1 Å². The zero-order valence-electron chi connectivity index (χ0n) is 10.4. The van der Waals surface area contributed by atoms with Crippen molar-refractivity contribution < 1.29 is 24.2 Å². The van der Waals surface area contributed by atoms with Crippen LogP contribution in [0.25, 0.3) is 0 Å². The average Bonchev–Trinajstić information content (AvgIpc) is 2.74. The van der Waals surface area contributed by atoms with Gasteiger partial charge in [-0.1, -0.05) is 0 Å². The molecular formula is C12H15NO6. The van der Waals surface area contributed by atoms with E-state index in [9.17, 15) is 14.7 Å². The minimum absolute atomic E-state index is 0.187. The van der Waals surface area contributed by atoms with Crippen LogP contribution in [0.3, 0.4) is 0 Å². The highest BCUT2D eigenvalue weighted by molar-refractivity contribution is 5.76. The number of carbonyl (C=O) groups excluding carboxylic acids is 1. The van der Waals surface area contributed by atoms with E-state index in [4.69, 9.17) is 9.52 Å². The van der Waals surface area contributed by atoms with Crippen molar-refractivity contribution in [1.82, 2.24) is 4.90 Å². The predicted octanol–water partition coefficient (Wildman–Crippen LogP) is -0.546. The van der Waals surface area contributed by atoms with Crippen molar-refractivity contribution >= 4 is 5.97 Å². The summed E-state index contributed by atoms with van der Waals surface area (Å²) in [4.78, 5) is 24.5. The highest BCUT2D eigenvalue weighted by atomic mass is 16.5. The van der Waals surface area contributed by atoms with Crippen molar-refractivity contribution in [2.24, 2.45) is 0 Å². The van der Waals surface area contributed by atoms with Gasteiger partial charge in [-0.05, 0) is 0 Å². The van der Waals surface area contributed by atoms with Crippen molar-refractivity contribution in [2.75, 3.05) is 13.7 Å². The molecule has 0 bridgehead atoms. The smallest absolute Gasteiger partial charge is 0.323 e. The largest absolute Gasteiger partial charge is 0.502 e. The lowest BCUT2D eigenvalue weighted by Gasteiger charge is -2.20. The number of methoxy groups -OCH3 is 1. The summed E-state index contributed by atoms with van der Waals surface area (Å²) < 4.78 is 9.74. The summed E-state index contributed by atoms with van der Waals surface area (Å²) in [5.74, 6) is -0.585. The highest BCUT2D eigenvalue weighted by Gasteiger charge is 2.37. The van der Waals surface area contributed by atoms with Gasteiger partial charge < -0.3 is 19.4 Å². The first-order valence-corrected chi connectivity index (χ1v) is 5.82. The molecule has 7 nitrogen and oxygen atoms in total. The van der Waals surface area contributed by atoms with Gasteiger partial charge in [-0.15, -0.1) is 0 Å². The number of ether oxygens (including phenoxy) is 1. The van der Waals surface area contributed by atoms with Gasteiger partial charge >= 0.3 is 5.97 Å². The SMILES string of the molecule is COC(=O)C1CC(O)CN1Cc1cc(=O)c(O)co1.